The number of amidine groups is 1. The van der Waals surface area contributed by atoms with Crippen LogP contribution in [0, 0.1) is 5.41 Å². The Bertz CT molecular complexity index is 1090. The average Bonchev–Trinajstić information content (AvgIpc) is 2.77. The Kier molecular flexibility index (Phi) is 8.44. The van der Waals surface area contributed by atoms with E-state index in [2.05, 4.69) is 10.6 Å². The Balaban J connectivity index is 1.82. The standard InChI is InChI=1S/C20H23N5O6S/c21-18(22)13-6-8-14(9-7-13)19(27)23-11-10-17(26)24-12-16(20(28)29)25-32(30,31)15-4-2-1-3-5-15/h1-9,16,25H,10-12H2,(H3,21,22)(H,23,27)(H,24,26)(H,28,29)/t16-/m1/s1. The Morgan fingerprint density at radius 1 is 0.969 bits per heavy atom. The normalized spacial score (nSPS) is 11.9. The molecule has 1 atom stereocenters. The van der Waals surface area contributed by atoms with Gasteiger partial charge in [0.05, 0.1) is 4.90 Å². The van der Waals surface area contributed by atoms with Crippen molar-refractivity contribution in [3.05, 3.63) is 65.7 Å². The van der Waals surface area contributed by atoms with E-state index in [1.165, 1.54) is 48.5 Å². The van der Waals surface area contributed by atoms with Gasteiger partial charge in [0.1, 0.15) is 11.9 Å². The largest absolute Gasteiger partial charge is 0.480 e. The second kappa shape index (κ2) is 11.0. The first-order valence-corrected chi connectivity index (χ1v) is 10.9. The van der Waals surface area contributed by atoms with Crippen molar-refractivity contribution in [2.45, 2.75) is 17.4 Å². The van der Waals surface area contributed by atoms with E-state index in [-0.39, 0.29) is 23.7 Å². The highest BCUT2D eigenvalue weighted by Gasteiger charge is 2.25. The number of nitrogens with two attached hydrogens (primary N) is 1. The molecule has 0 unspecified atom stereocenters. The maximum Gasteiger partial charge on any atom is 0.323 e. The molecule has 0 aliphatic carbocycles. The van der Waals surface area contributed by atoms with E-state index >= 15 is 0 Å². The van der Waals surface area contributed by atoms with E-state index in [1.807, 2.05) is 4.72 Å². The van der Waals surface area contributed by atoms with Crippen LogP contribution in [0.15, 0.2) is 59.5 Å². The fourth-order valence-electron chi connectivity index (χ4n) is 2.53. The fraction of sp³-hybridized carbons (Fsp3) is 0.200. The first-order valence-electron chi connectivity index (χ1n) is 9.39. The molecule has 2 aromatic rings. The summed E-state index contributed by atoms with van der Waals surface area (Å²) in [5, 5.41) is 21.5. The number of carboxylic acid groups (broad SMARTS) is 1. The van der Waals surface area contributed by atoms with Gasteiger partial charge in [0, 0.05) is 30.6 Å². The van der Waals surface area contributed by atoms with Gasteiger partial charge in [-0.05, 0) is 24.3 Å². The number of nitrogens with one attached hydrogen (secondary N) is 4. The van der Waals surface area contributed by atoms with E-state index in [0.717, 1.165) is 0 Å². The van der Waals surface area contributed by atoms with E-state index < -0.39 is 40.4 Å². The lowest BCUT2D eigenvalue weighted by atomic mass is 10.1. The van der Waals surface area contributed by atoms with Crippen molar-refractivity contribution in [3.63, 3.8) is 0 Å². The van der Waals surface area contributed by atoms with E-state index in [0.29, 0.717) is 11.1 Å². The summed E-state index contributed by atoms with van der Waals surface area (Å²) in [5.74, 6) is -2.58. The van der Waals surface area contributed by atoms with Gasteiger partial charge in [-0.15, -0.1) is 0 Å². The summed E-state index contributed by atoms with van der Waals surface area (Å²) < 4.78 is 26.6. The molecule has 2 amide bonds. The molecule has 12 heteroatoms. The van der Waals surface area contributed by atoms with Crippen molar-refractivity contribution in [1.82, 2.24) is 15.4 Å². The summed E-state index contributed by atoms with van der Waals surface area (Å²) >= 11 is 0. The number of carboxylic acids is 1. The molecule has 11 nitrogen and oxygen atoms in total. The van der Waals surface area contributed by atoms with Crippen LogP contribution in [0.3, 0.4) is 0 Å². The van der Waals surface area contributed by atoms with Crippen LogP contribution in [-0.4, -0.2) is 56.3 Å². The van der Waals surface area contributed by atoms with Crippen LogP contribution < -0.4 is 21.1 Å². The predicted octanol–water partition coefficient (Wildman–Crippen LogP) is -0.362. The number of carbonyl (C=O) groups is 3. The van der Waals surface area contributed by atoms with Crippen LogP contribution in [0.25, 0.3) is 0 Å². The Labute approximate surface area is 184 Å². The Morgan fingerprint density at radius 2 is 1.56 bits per heavy atom. The lowest BCUT2D eigenvalue weighted by Gasteiger charge is -2.15. The van der Waals surface area contributed by atoms with Gasteiger partial charge >= 0.3 is 5.97 Å². The maximum absolute atomic E-state index is 12.3. The second-order valence-electron chi connectivity index (χ2n) is 6.63. The molecule has 0 fully saturated rings. The van der Waals surface area contributed by atoms with Crippen molar-refractivity contribution in [2.24, 2.45) is 5.73 Å². The van der Waals surface area contributed by atoms with Crippen LogP contribution in [-0.2, 0) is 19.6 Å². The molecular weight excluding hydrogens is 438 g/mol. The van der Waals surface area contributed by atoms with Gasteiger partial charge in [-0.1, -0.05) is 30.3 Å². The molecule has 0 aromatic heterocycles. The first-order chi connectivity index (χ1) is 15.1. The number of sulfonamides is 1. The highest BCUT2D eigenvalue weighted by molar-refractivity contribution is 7.89. The van der Waals surface area contributed by atoms with Crippen molar-refractivity contribution < 1.29 is 27.9 Å². The number of aliphatic carboxylic acids is 1. The number of hydrogen-bond acceptors (Lipinski definition) is 6. The van der Waals surface area contributed by atoms with Crippen molar-refractivity contribution in [1.29, 1.82) is 5.41 Å². The van der Waals surface area contributed by atoms with Gasteiger partial charge in [-0.25, -0.2) is 8.42 Å². The highest BCUT2D eigenvalue weighted by atomic mass is 32.2. The molecule has 0 bridgehead atoms. The Morgan fingerprint density at radius 3 is 2.12 bits per heavy atom. The number of hydrogen-bond donors (Lipinski definition) is 6. The van der Waals surface area contributed by atoms with Gasteiger partial charge in [0.2, 0.25) is 15.9 Å². The van der Waals surface area contributed by atoms with Gasteiger partial charge in [-0.3, -0.25) is 19.8 Å². The lowest BCUT2D eigenvalue weighted by Crippen LogP contribution is -2.48. The van der Waals surface area contributed by atoms with Gasteiger partial charge < -0.3 is 21.5 Å². The molecule has 2 aromatic carbocycles. The maximum atomic E-state index is 12.3. The molecule has 7 N–H and O–H groups in total. The number of rotatable bonds is 11. The third-order valence-corrected chi connectivity index (χ3v) is 5.74. The van der Waals surface area contributed by atoms with Gasteiger partial charge in [0.15, 0.2) is 0 Å². The monoisotopic (exact) mass is 461 g/mol. The third kappa shape index (κ3) is 7.18. The molecule has 32 heavy (non-hydrogen) atoms. The zero-order valence-electron chi connectivity index (χ0n) is 16.9. The molecule has 0 saturated heterocycles. The molecule has 170 valence electrons. The van der Waals surface area contributed by atoms with Crippen molar-refractivity contribution in [2.75, 3.05) is 13.1 Å². The minimum atomic E-state index is -4.08. The second-order valence-corrected chi connectivity index (χ2v) is 8.34. The van der Waals surface area contributed by atoms with Gasteiger partial charge in [0.25, 0.3) is 5.91 Å². The topological polar surface area (TPSA) is 192 Å². The third-order valence-electron chi connectivity index (χ3n) is 4.25. The summed E-state index contributed by atoms with van der Waals surface area (Å²) in [7, 11) is -4.08. The molecule has 2 rings (SSSR count). The van der Waals surface area contributed by atoms with E-state index in [4.69, 9.17) is 11.1 Å². The van der Waals surface area contributed by atoms with E-state index in [1.54, 1.807) is 6.07 Å². The Hall–Kier alpha value is -3.77. The molecule has 0 radical (unpaired) electrons. The van der Waals surface area contributed by atoms with Crippen LogP contribution in [0.4, 0.5) is 0 Å². The molecule has 0 spiro atoms. The van der Waals surface area contributed by atoms with E-state index in [9.17, 15) is 27.9 Å². The number of benzene rings is 2. The van der Waals surface area contributed by atoms with Crippen LogP contribution in [0.1, 0.15) is 22.3 Å². The summed E-state index contributed by atoms with van der Waals surface area (Å²) in [5.41, 5.74) is 6.13. The quantitative estimate of drug-likeness (QED) is 0.194. The first kappa shape index (κ1) is 24.5. The minimum absolute atomic E-state index is 0.0212. The number of nitrogen functional groups attached to an aromatic ring is 1. The molecular formula is C20H23N5O6S. The van der Waals surface area contributed by atoms with Gasteiger partial charge in [-0.2, -0.15) is 4.72 Å². The SMILES string of the molecule is N=C(N)c1ccc(C(=O)NCCC(=O)NC[C@@H](NS(=O)(=O)c2ccccc2)C(=O)O)cc1. The van der Waals surface area contributed by atoms with Crippen LogP contribution in [0.5, 0.6) is 0 Å². The zero-order chi connectivity index (χ0) is 23.7. The molecule has 0 aliphatic rings. The smallest absolute Gasteiger partial charge is 0.323 e. The fourth-order valence-corrected chi connectivity index (χ4v) is 3.74. The lowest BCUT2D eigenvalue weighted by molar-refractivity contribution is -0.138. The minimum Gasteiger partial charge on any atom is -0.480 e. The summed E-state index contributed by atoms with van der Waals surface area (Å²) in [4.78, 5) is 35.3. The highest BCUT2D eigenvalue weighted by Crippen LogP contribution is 2.08. The number of amides is 2. The van der Waals surface area contributed by atoms with Crippen LogP contribution in [0.2, 0.25) is 0 Å². The number of carbonyl (C=O) groups excluding carboxylic acids is 2. The molecule has 0 saturated carbocycles. The summed E-state index contributed by atoms with van der Waals surface area (Å²) in [6, 6.07) is 11.7. The summed E-state index contributed by atoms with van der Waals surface area (Å²) in [6.07, 6.45) is -0.144. The predicted molar refractivity (Wildman–Crippen MR) is 116 cm³/mol. The summed E-state index contributed by atoms with van der Waals surface area (Å²) in [6.45, 7) is -0.493. The molecule has 0 aliphatic heterocycles. The van der Waals surface area contributed by atoms with Crippen molar-refractivity contribution in [3.8, 4) is 0 Å². The average molecular weight is 462 g/mol. The zero-order valence-corrected chi connectivity index (χ0v) is 17.7. The van der Waals surface area contributed by atoms with Crippen molar-refractivity contribution >= 4 is 33.6 Å². The van der Waals surface area contributed by atoms with Crippen LogP contribution >= 0.6 is 0 Å². The molecule has 0 heterocycles.